The molecule has 3 aromatic rings. The predicted molar refractivity (Wildman–Crippen MR) is 117 cm³/mol. The molecule has 2 unspecified atom stereocenters. The van der Waals surface area contributed by atoms with E-state index in [-0.39, 0.29) is 6.42 Å². The van der Waals surface area contributed by atoms with E-state index in [9.17, 15) is 19.4 Å². The molecule has 4 rings (SSSR count). The van der Waals surface area contributed by atoms with Crippen molar-refractivity contribution in [3.05, 3.63) is 77.3 Å². The maximum absolute atomic E-state index is 13.6. The summed E-state index contributed by atoms with van der Waals surface area (Å²) in [6.45, 7) is 1.17. The van der Waals surface area contributed by atoms with Crippen LogP contribution in [0, 0.1) is 17.7 Å². The summed E-state index contributed by atoms with van der Waals surface area (Å²) >= 11 is 0. The zero-order valence-corrected chi connectivity index (χ0v) is 17.3. The standard InChI is InChI=1S/C24H23FN4O3/c25-19-5-1-3-17(11-19)18(12-23(31)32)13-29-14-20(27-15-29)7-9-22(30)21-8-6-16-4-2-10-26-24(16)28-21/h1,3,5-6,8,11,14-15,18,22,30H,2,4,10,12-13H2,(H,26,28)(H,31,32). The van der Waals surface area contributed by atoms with E-state index in [1.165, 1.54) is 12.1 Å². The van der Waals surface area contributed by atoms with Crippen LogP contribution in [0.25, 0.3) is 0 Å². The summed E-state index contributed by atoms with van der Waals surface area (Å²) in [5.41, 5.74) is 2.65. The molecular weight excluding hydrogens is 411 g/mol. The van der Waals surface area contributed by atoms with Crippen LogP contribution in [0.5, 0.6) is 0 Å². The van der Waals surface area contributed by atoms with Crippen LogP contribution in [0.4, 0.5) is 10.2 Å². The van der Waals surface area contributed by atoms with Gasteiger partial charge in [0.1, 0.15) is 17.3 Å². The molecule has 0 amide bonds. The quantitative estimate of drug-likeness (QED) is 0.516. The molecule has 7 nitrogen and oxygen atoms in total. The van der Waals surface area contributed by atoms with E-state index < -0.39 is 23.8 Å². The Kier molecular flexibility index (Phi) is 6.47. The molecule has 0 fully saturated rings. The number of nitrogens with zero attached hydrogens (tertiary/aromatic N) is 3. The molecule has 3 heterocycles. The van der Waals surface area contributed by atoms with E-state index in [0.29, 0.717) is 23.5 Å². The summed E-state index contributed by atoms with van der Waals surface area (Å²) in [5, 5.41) is 22.9. The molecule has 0 radical (unpaired) electrons. The molecular formula is C24H23FN4O3. The van der Waals surface area contributed by atoms with Gasteiger partial charge in [-0.25, -0.2) is 14.4 Å². The fourth-order valence-corrected chi connectivity index (χ4v) is 3.75. The van der Waals surface area contributed by atoms with Gasteiger partial charge in [-0.15, -0.1) is 0 Å². The summed E-state index contributed by atoms with van der Waals surface area (Å²) in [4.78, 5) is 20.0. The molecule has 0 bridgehead atoms. The number of nitrogens with one attached hydrogen (secondary N) is 1. The number of carbonyl (C=O) groups is 1. The summed E-state index contributed by atoms with van der Waals surface area (Å²) in [6, 6.07) is 9.69. The van der Waals surface area contributed by atoms with Gasteiger partial charge in [-0.05, 0) is 48.1 Å². The highest BCUT2D eigenvalue weighted by Gasteiger charge is 2.17. The van der Waals surface area contributed by atoms with E-state index in [2.05, 4.69) is 27.1 Å². The Morgan fingerprint density at radius 1 is 1.31 bits per heavy atom. The molecule has 1 aliphatic rings. The Bertz CT molecular complexity index is 1180. The molecule has 0 spiro atoms. The highest BCUT2D eigenvalue weighted by molar-refractivity contribution is 5.68. The molecule has 0 aliphatic carbocycles. The SMILES string of the molecule is O=C(O)CC(Cn1cnc(C#CC(O)c2ccc3c(n2)NCCC3)c1)c1cccc(F)c1. The van der Waals surface area contributed by atoms with Gasteiger partial charge in [0, 0.05) is 25.2 Å². The number of hydrogen-bond donors (Lipinski definition) is 3. The van der Waals surface area contributed by atoms with Crippen LogP contribution in [-0.2, 0) is 17.8 Å². The van der Waals surface area contributed by atoms with Crippen molar-refractivity contribution in [1.82, 2.24) is 14.5 Å². The van der Waals surface area contributed by atoms with Crippen LogP contribution in [0.3, 0.4) is 0 Å². The lowest BCUT2D eigenvalue weighted by Crippen LogP contribution is -2.14. The Morgan fingerprint density at radius 3 is 3.00 bits per heavy atom. The smallest absolute Gasteiger partial charge is 0.304 e. The van der Waals surface area contributed by atoms with Gasteiger partial charge in [0.25, 0.3) is 0 Å². The average molecular weight is 434 g/mol. The van der Waals surface area contributed by atoms with E-state index in [1.807, 2.05) is 6.07 Å². The van der Waals surface area contributed by atoms with Gasteiger partial charge in [0.15, 0.2) is 6.10 Å². The molecule has 8 heteroatoms. The third-order valence-electron chi connectivity index (χ3n) is 5.34. The van der Waals surface area contributed by atoms with Crippen molar-refractivity contribution < 1.29 is 19.4 Å². The number of aliphatic hydroxyl groups is 1. The van der Waals surface area contributed by atoms with Crippen LogP contribution in [0.15, 0.2) is 48.9 Å². The molecule has 0 saturated heterocycles. The van der Waals surface area contributed by atoms with Crippen molar-refractivity contribution in [3.63, 3.8) is 0 Å². The van der Waals surface area contributed by atoms with Gasteiger partial charge in [0.2, 0.25) is 0 Å². The summed E-state index contributed by atoms with van der Waals surface area (Å²) < 4.78 is 15.3. The number of rotatable bonds is 6. The van der Waals surface area contributed by atoms with E-state index >= 15 is 0 Å². The lowest BCUT2D eigenvalue weighted by molar-refractivity contribution is -0.137. The minimum atomic E-state index is -1.05. The Morgan fingerprint density at radius 2 is 2.19 bits per heavy atom. The maximum Gasteiger partial charge on any atom is 0.304 e. The number of aryl methyl sites for hydroxylation is 1. The van der Waals surface area contributed by atoms with Crippen molar-refractivity contribution in [1.29, 1.82) is 0 Å². The number of pyridine rings is 1. The van der Waals surface area contributed by atoms with Crippen LogP contribution >= 0.6 is 0 Å². The number of aliphatic carboxylic acids is 1. The van der Waals surface area contributed by atoms with Crippen molar-refractivity contribution >= 4 is 11.8 Å². The summed E-state index contributed by atoms with van der Waals surface area (Å²) in [6.07, 6.45) is 4.06. The van der Waals surface area contributed by atoms with Crippen LogP contribution in [-0.4, -0.2) is 37.3 Å². The van der Waals surface area contributed by atoms with Crippen LogP contribution in [0.2, 0.25) is 0 Å². The zero-order chi connectivity index (χ0) is 22.5. The molecule has 2 aromatic heterocycles. The summed E-state index contributed by atoms with van der Waals surface area (Å²) in [7, 11) is 0. The van der Waals surface area contributed by atoms with Gasteiger partial charge in [0.05, 0.1) is 18.4 Å². The first kappa shape index (κ1) is 21.5. The number of hydrogen-bond acceptors (Lipinski definition) is 5. The number of benzene rings is 1. The summed E-state index contributed by atoms with van der Waals surface area (Å²) in [5.74, 6) is 4.59. The third kappa shape index (κ3) is 5.31. The highest BCUT2D eigenvalue weighted by atomic mass is 19.1. The fourth-order valence-electron chi connectivity index (χ4n) is 3.75. The van der Waals surface area contributed by atoms with Crippen LogP contribution < -0.4 is 5.32 Å². The van der Waals surface area contributed by atoms with Gasteiger partial charge in [-0.2, -0.15) is 0 Å². The lowest BCUT2D eigenvalue weighted by atomic mass is 9.95. The second-order valence-corrected chi connectivity index (χ2v) is 7.75. The number of halogens is 1. The monoisotopic (exact) mass is 434 g/mol. The molecule has 3 N–H and O–H groups in total. The minimum Gasteiger partial charge on any atom is -0.481 e. The van der Waals surface area contributed by atoms with Crippen molar-refractivity contribution in [2.75, 3.05) is 11.9 Å². The van der Waals surface area contributed by atoms with Gasteiger partial charge >= 0.3 is 5.97 Å². The number of aromatic nitrogens is 3. The number of imidazole rings is 1. The Balaban J connectivity index is 1.46. The number of anilines is 1. The largest absolute Gasteiger partial charge is 0.481 e. The molecule has 0 saturated carbocycles. The molecule has 164 valence electrons. The minimum absolute atomic E-state index is 0.139. The fraction of sp³-hybridized carbons (Fsp3) is 0.292. The van der Waals surface area contributed by atoms with Crippen LogP contribution in [0.1, 0.15) is 47.4 Å². The number of fused-ring (bicyclic) bond motifs is 1. The maximum atomic E-state index is 13.6. The second-order valence-electron chi connectivity index (χ2n) is 7.75. The molecule has 1 aromatic carbocycles. The number of aliphatic hydroxyl groups excluding tert-OH is 1. The normalized spacial score (nSPS) is 14.4. The zero-order valence-electron chi connectivity index (χ0n) is 17.3. The number of carboxylic acids is 1. The first-order valence-corrected chi connectivity index (χ1v) is 10.4. The van der Waals surface area contributed by atoms with Gasteiger partial charge in [-0.3, -0.25) is 4.79 Å². The van der Waals surface area contributed by atoms with Crippen molar-refractivity contribution in [3.8, 4) is 11.8 Å². The molecule has 32 heavy (non-hydrogen) atoms. The predicted octanol–water partition coefficient (Wildman–Crippen LogP) is 3.12. The Hall–Kier alpha value is -3.70. The van der Waals surface area contributed by atoms with Gasteiger partial charge < -0.3 is 20.1 Å². The van der Waals surface area contributed by atoms with E-state index in [1.54, 1.807) is 35.3 Å². The average Bonchev–Trinajstić information content (AvgIpc) is 3.23. The molecule has 2 atom stereocenters. The lowest BCUT2D eigenvalue weighted by Gasteiger charge is -2.17. The van der Waals surface area contributed by atoms with Crippen molar-refractivity contribution in [2.24, 2.45) is 0 Å². The van der Waals surface area contributed by atoms with E-state index in [0.717, 1.165) is 30.8 Å². The Labute approximate surface area is 185 Å². The topological polar surface area (TPSA) is 100 Å². The first-order valence-electron chi connectivity index (χ1n) is 10.4. The highest BCUT2D eigenvalue weighted by Crippen LogP contribution is 2.24. The van der Waals surface area contributed by atoms with E-state index in [4.69, 9.17) is 0 Å². The second kappa shape index (κ2) is 9.62. The third-order valence-corrected chi connectivity index (χ3v) is 5.34. The van der Waals surface area contributed by atoms with Crippen molar-refractivity contribution in [2.45, 2.75) is 37.8 Å². The first-order chi connectivity index (χ1) is 15.5. The van der Waals surface area contributed by atoms with Gasteiger partial charge in [-0.1, -0.05) is 24.1 Å². The molecule has 1 aliphatic heterocycles. The number of carboxylic acid groups (broad SMARTS) is 1.